The Kier molecular flexibility index (Phi) is 7.58. The van der Waals surface area contributed by atoms with Crippen LogP contribution in [0.5, 0.6) is 5.75 Å². The molecule has 0 saturated heterocycles. The first-order valence-electron chi connectivity index (χ1n) is 7.68. The van der Waals surface area contributed by atoms with Crippen LogP contribution in [-0.4, -0.2) is 27.6 Å². The lowest BCUT2D eigenvalue weighted by Gasteiger charge is -2.14. The zero-order valence-electron chi connectivity index (χ0n) is 14.5. The molecule has 1 aromatic carbocycles. The van der Waals surface area contributed by atoms with Crippen molar-refractivity contribution in [2.24, 2.45) is 0 Å². The summed E-state index contributed by atoms with van der Waals surface area (Å²) < 4.78 is 29.9. The fourth-order valence-corrected chi connectivity index (χ4v) is 2.15. The van der Waals surface area contributed by atoms with Crippen molar-refractivity contribution in [1.29, 1.82) is 5.41 Å². The molecule has 2 rings (SSSR count). The summed E-state index contributed by atoms with van der Waals surface area (Å²) in [6.45, 7) is 5.45. The molecule has 0 spiro atoms. The third kappa shape index (κ3) is 6.04. The van der Waals surface area contributed by atoms with E-state index in [1.165, 1.54) is 52.7 Å². The second-order valence-corrected chi connectivity index (χ2v) is 5.50. The molecule has 2 aromatic rings. The number of rotatable bonds is 6. The number of hydrogen-bond donors (Lipinski definition) is 3. The lowest BCUT2D eigenvalue weighted by molar-refractivity contribution is -0.0892. The largest absolute Gasteiger partial charge is 0.478 e. The van der Waals surface area contributed by atoms with Crippen LogP contribution >= 0.6 is 9.24 Å². The van der Waals surface area contributed by atoms with Crippen molar-refractivity contribution < 1.29 is 23.4 Å². The normalized spacial score (nSPS) is 10.4. The predicted octanol–water partition coefficient (Wildman–Crippen LogP) is 4.74. The van der Waals surface area contributed by atoms with E-state index < -0.39 is 11.8 Å². The Hall–Kier alpha value is -2.60. The average Bonchev–Trinajstić information content (AvgIpc) is 2.56. The number of nitrogens with one attached hydrogen (secondary N) is 2. The summed E-state index contributed by atoms with van der Waals surface area (Å²) in [7, 11) is 1.28. The molecule has 0 aliphatic heterocycles. The zero-order valence-corrected chi connectivity index (χ0v) is 15.7. The van der Waals surface area contributed by atoms with Gasteiger partial charge in [0, 0.05) is 17.6 Å². The maximum Gasteiger partial charge on any atom is 0.408 e. The van der Waals surface area contributed by atoms with Crippen LogP contribution in [-0.2, 0) is 0 Å². The van der Waals surface area contributed by atoms with E-state index in [0.29, 0.717) is 5.69 Å². The molecule has 1 aromatic heterocycles. The number of carbonyl (C=O) groups is 1. The Morgan fingerprint density at radius 2 is 1.85 bits per heavy atom. The van der Waals surface area contributed by atoms with Crippen molar-refractivity contribution in [1.82, 2.24) is 4.98 Å². The van der Waals surface area contributed by atoms with Gasteiger partial charge in [0.1, 0.15) is 11.6 Å². The summed E-state index contributed by atoms with van der Waals surface area (Å²) in [5, 5.41) is 19.8. The molecule has 1 unspecified atom stereocenters. The molecule has 3 N–H and O–H groups in total. The number of carboxylic acid groups (broad SMARTS) is 1. The molecule has 0 aliphatic carbocycles. The summed E-state index contributed by atoms with van der Waals surface area (Å²) >= 11 is 0. The number of ether oxygens (including phenoxy) is 1. The van der Waals surface area contributed by atoms with E-state index in [9.17, 15) is 18.7 Å². The second-order valence-electron chi connectivity index (χ2n) is 4.83. The average molecular weight is 383 g/mol. The quantitative estimate of drug-likeness (QED) is 0.495. The van der Waals surface area contributed by atoms with Gasteiger partial charge in [-0.1, -0.05) is 13.8 Å². The first-order valence-corrected chi connectivity index (χ1v) is 8.26. The van der Waals surface area contributed by atoms with Crippen LogP contribution < -0.4 is 10.1 Å². The van der Waals surface area contributed by atoms with Crippen molar-refractivity contribution in [3.05, 3.63) is 47.7 Å². The first kappa shape index (κ1) is 21.4. The molecule has 0 saturated carbocycles. The summed E-state index contributed by atoms with van der Waals surface area (Å²) in [5.74, 6) is -4.38. The van der Waals surface area contributed by atoms with E-state index in [4.69, 9.17) is 5.41 Å². The number of aromatic nitrogens is 1. The predicted molar refractivity (Wildman–Crippen MR) is 100 cm³/mol. The minimum Gasteiger partial charge on any atom is -0.478 e. The Labute approximate surface area is 152 Å². The third-order valence-corrected chi connectivity index (χ3v) is 3.05. The number of halogens is 2. The summed E-state index contributed by atoms with van der Waals surface area (Å²) in [4.78, 5) is 15.3. The van der Waals surface area contributed by atoms with Gasteiger partial charge in [0.2, 0.25) is 0 Å². The molecular formula is C17H20F2N3O3P. The minimum absolute atomic E-state index is 0.0312. The van der Waals surface area contributed by atoms with Crippen LogP contribution in [0.2, 0.25) is 0 Å². The number of pyridine rings is 1. The Morgan fingerprint density at radius 3 is 2.31 bits per heavy atom. The van der Waals surface area contributed by atoms with Gasteiger partial charge in [-0.2, -0.15) is 8.78 Å². The Morgan fingerprint density at radius 1 is 1.27 bits per heavy atom. The maximum atomic E-state index is 12.8. The van der Waals surface area contributed by atoms with Gasteiger partial charge in [-0.15, -0.1) is 0 Å². The second kappa shape index (κ2) is 9.20. The monoisotopic (exact) mass is 383 g/mol. The highest BCUT2D eigenvalue weighted by atomic mass is 31.0. The van der Waals surface area contributed by atoms with Crippen LogP contribution in [0.15, 0.2) is 36.5 Å². The molecule has 0 radical (unpaired) electrons. The number of benzene rings is 1. The number of alkyl halides is 2. The van der Waals surface area contributed by atoms with Gasteiger partial charge in [0.05, 0.1) is 11.1 Å². The van der Waals surface area contributed by atoms with Gasteiger partial charge in [0.25, 0.3) is 0 Å². The van der Waals surface area contributed by atoms with Crippen molar-refractivity contribution in [3.63, 3.8) is 0 Å². The van der Waals surface area contributed by atoms with Gasteiger partial charge in [0.15, 0.2) is 0 Å². The first-order chi connectivity index (χ1) is 12.2. The highest BCUT2D eigenvalue weighted by Gasteiger charge is 2.23. The van der Waals surface area contributed by atoms with Gasteiger partial charge in [-0.25, -0.2) is 9.78 Å². The molecule has 0 fully saturated rings. The van der Waals surface area contributed by atoms with Gasteiger partial charge < -0.3 is 20.6 Å². The van der Waals surface area contributed by atoms with Crippen LogP contribution in [0.4, 0.5) is 20.3 Å². The van der Waals surface area contributed by atoms with Crippen molar-refractivity contribution in [2.45, 2.75) is 26.6 Å². The minimum atomic E-state index is -3.36. The molecule has 26 heavy (non-hydrogen) atoms. The van der Waals surface area contributed by atoms with Crippen LogP contribution in [0.3, 0.4) is 0 Å². The van der Waals surface area contributed by atoms with Gasteiger partial charge >= 0.3 is 11.8 Å². The van der Waals surface area contributed by atoms with E-state index in [1.54, 1.807) is 0 Å². The standard InChI is InChI=1S/C15H14F2N3O3P.C2H6/c1-8(18)12-11(14(21)22)6-7-19-13(12)20-9-2-4-10(5-3-9)23-15(16,17)24;1-2/h2-7,18H,24H2,1H3,(H,19,20)(H,21,22);1-2H3. The molecule has 0 amide bonds. The molecule has 0 aliphatic rings. The third-order valence-electron chi connectivity index (χ3n) is 2.93. The number of aromatic carboxylic acids is 1. The highest BCUT2D eigenvalue weighted by molar-refractivity contribution is 7.17. The van der Waals surface area contributed by atoms with Gasteiger partial charge in [-0.05, 0) is 46.5 Å². The fraction of sp³-hybridized carbons (Fsp3) is 0.235. The van der Waals surface area contributed by atoms with Crippen LogP contribution in [0.1, 0.15) is 36.7 Å². The lowest BCUT2D eigenvalue weighted by atomic mass is 10.1. The molecular weight excluding hydrogens is 363 g/mol. The highest BCUT2D eigenvalue weighted by Crippen LogP contribution is 2.29. The topological polar surface area (TPSA) is 95.3 Å². The summed E-state index contributed by atoms with van der Waals surface area (Å²) in [6, 6.07) is 6.92. The Balaban J connectivity index is 0.00000163. The van der Waals surface area contributed by atoms with Crippen molar-refractivity contribution >= 4 is 32.4 Å². The van der Waals surface area contributed by atoms with Gasteiger partial charge in [-0.3, -0.25) is 0 Å². The number of nitrogens with zero attached hydrogens (tertiary/aromatic N) is 1. The van der Waals surface area contributed by atoms with Crippen molar-refractivity contribution in [2.75, 3.05) is 5.32 Å². The molecule has 1 heterocycles. The molecule has 0 bridgehead atoms. The number of hydrogen-bond acceptors (Lipinski definition) is 5. The lowest BCUT2D eigenvalue weighted by Crippen LogP contribution is -2.14. The molecule has 9 heteroatoms. The Bertz CT molecular complexity index is 778. The zero-order chi connectivity index (χ0) is 19.9. The molecule has 140 valence electrons. The summed E-state index contributed by atoms with van der Waals surface area (Å²) in [6.07, 6.45) is 1.31. The smallest absolute Gasteiger partial charge is 0.408 e. The SMILES string of the molecule is CC.CC(=N)c1c(C(=O)O)ccnc1Nc1ccc(OC(F)(F)P)cc1. The van der Waals surface area contributed by atoms with E-state index in [0.717, 1.165) is 0 Å². The van der Waals surface area contributed by atoms with Crippen molar-refractivity contribution in [3.8, 4) is 5.75 Å². The maximum absolute atomic E-state index is 12.8. The van der Waals surface area contributed by atoms with E-state index in [1.807, 2.05) is 13.8 Å². The van der Waals surface area contributed by atoms with E-state index in [2.05, 4.69) is 15.0 Å². The molecule has 6 nitrogen and oxygen atoms in total. The number of carboxylic acids is 1. The van der Waals surface area contributed by atoms with E-state index in [-0.39, 0.29) is 28.4 Å². The number of anilines is 2. The molecule has 1 atom stereocenters. The van der Waals surface area contributed by atoms with E-state index >= 15 is 0 Å². The summed E-state index contributed by atoms with van der Waals surface area (Å²) in [5.41, 5.74) is 0.613. The fourth-order valence-electron chi connectivity index (χ4n) is 2.01. The van der Waals surface area contributed by atoms with Crippen LogP contribution in [0.25, 0.3) is 0 Å². The van der Waals surface area contributed by atoms with Crippen LogP contribution in [0, 0.1) is 5.41 Å².